The lowest BCUT2D eigenvalue weighted by atomic mass is 10.1. The SMILES string of the molecule is C#CCCc1ccccc1S(C)(=O)=O. The van der Waals surface area contributed by atoms with Crippen molar-refractivity contribution in [3.05, 3.63) is 29.8 Å². The smallest absolute Gasteiger partial charge is 0.175 e. The standard InChI is InChI=1S/C11H12O2S/c1-3-4-7-10-8-5-6-9-11(10)14(2,12)13/h1,5-6,8-9H,4,7H2,2H3. The summed E-state index contributed by atoms with van der Waals surface area (Å²) in [7, 11) is -3.13. The van der Waals surface area contributed by atoms with Gasteiger partial charge in [-0.15, -0.1) is 12.3 Å². The summed E-state index contributed by atoms with van der Waals surface area (Å²) in [6.45, 7) is 0. The van der Waals surface area contributed by atoms with Gasteiger partial charge in [-0.3, -0.25) is 0 Å². The average Bonchev–Trinajstić information content (AvgIpc) is 2.14. The molecule has 1 aromatic rings. The van der Waals surface area contributed by atoms with Gasteiger partial charge in [-0.05, 0) is 18.1 Å². The Labute approximate surface area is 84.9 Å². The molecule has 0 bridgehead atoms. The Balaban J connectivity index is 3.12. The quantitative estimate of drug-likeness (QED) is 0.708. The minimum Gasteiger partial charge on any atom is -0.224 e. The lowest BCUT2D eigenvalue weighted by Crippen LogP contribution is -2.01. The molecule has 74 valence electrons. The monoisotopic (exact) mass is 208 g/mol. The molecule has 1 rings (SSSR count). The molecule has 0 saturated heterocycles. The molecule has 1 aromatic carbocycles. The zero-order valence-corrected chi connectivity index (χ0v) is 8.84. The van der Waals surface area contributed by atoms with Crippen molar-refractivity contribution in [2.75, 3.05) is 6.26 Å². The molecule has 0 unspecified atom stereocenters. The van der Waals surface area contributed by atoms with E-state index >= 15 is 0 Å². The van der Waals surface area contributed by atoms with Crippen LogP contribution < -0.4 is 0 Å². The molecule has 0 aliphatic rings. The number of hydrogen-bond acceptors (Lipinski definition) is 2. The van der Waals surface area contributed by atoms with E-state index in [2.05, 4.69) is 5.92 Å². The van der Waals surface area contributed by atoms with Gasteiger partial charge in [0.25, 0.3) is 0 Å². The molecule has 0 aromatic heterocycles. The van der Waals surface area contributed by atoms with Gasteiger partial charge in [0.15, 0.2) is 9.84 Å². The van der Waals surface area contributed by atoms with Crippen LogP contribution in [0.5, 0.6) is 0 Å². The highest BCUT2D eigenvalue weighted by atomic mass is 32.2. The van der Waals surface area contributed by atoms with Gasteiger partial charge in [0, 0.05) is 12.7 Å². The number of aryl methyl sites for hydroxylation is 1. The molecule has 0 radical (unpaired) electrons. The number of hydrogen-bond donors (Lipinski definition) is 0. The van der Waals surface area contributed by atoms with Gasteiger partial charge in [0.1, 0.15) is 0 Å². The van der Waals surface area contributed by atoms with E-state index in [4.69, 9.17) is 6.42 Å². The molecule has 14 heavy (non-hydrogen) atoms. The lowest BCUT2D eigenvalue weighted by molar-refractivity contribution is 0.600. The molecule has 0 fully saturated rings. The van der Waals surface area contributed by atoms with Crippen LogP contribution in [-0.2, 0) is 16.3 Å². The van der Waals surface area contributed by atoms with Crippen molar-refractivity contribution in [2.24, 2.45) is 0 Å². The lowest BCUT2D eigenvalue weighted by Gasteiger charge is -2.05. The van der Waals surface area contributed by atoms with E-state index in [9.17, 15) is 8.42 Å². The van der Waals surface area contributed by atoms with E-state index in [0.29, 0.717) is 17.7 Å². The van der Waals surface area contributed by atoms with E-state index in [1.807, 2.05) is 6.07 Å². The van der Waals surface area contributed by atoms with E-state index in [-0.39, 0.29) is 0 Å². The molecule has 0 heterocycles. The first-order chi connectivity index (χ1) is 6.55. The molecule has 0 spiro atoms. The molecule has 0 atom stereocenters. The zero-order chi connectivity index (χ0) is 10.6. The molecule has 0 aliphatic heterocycles. The summed E-state index contributed by atoms with van der Waals surface area (Å²) in [4.78, 5) is 0.384. The molecule has 0 N–H and O–H groups in total. The van der Waals surface area contributed by atoms with E-state index in [1.54, 1.807) is 18.2 Å². The third-order valence-corrected chi connectivity index (χ3v) is 3.11. The summed E-state index contributed by atoms with van der Waals surface area (Å²) in [5.74, 6) is 2.50. The van der Waals surface area contributed by atoms with Gasteiger partial charge >= 0.3 is 0 Å². The highest BCUT2D eigenvalue weighted by Gasteiger charge is 2.11. The van der Waals surface area contributed by atoms with Crippen molar-refractivity contribution in [2.45, 2.75) is 17.7 Å². The van der Waals surface area contributed by atoms with E-state index in [1.165, 1.54) is 6.26 Å². The third-order valence-electron chi connectivity index (χ3n) is 1.91. The molecule has 0 saturated carbocycles. The highest BCUT2D eigenvalue weighted by molar-refractivity contribution is 7.90. The summed E-state index contributed by atoms with van der Waals surface area (Å²) >= 11 is 0. The number of sulfone groups is 1. The first-order valence-corrected chi connectivity index (χ1v) is 6.16. The zero-order valence-electron chi connectivity index (χ0n) is 8.03. The van der Waals surface area contributed by atoms with Crippen LogP contribution in [0.15, 0.2) is 29.2 Å². The van der Waals surface area contributed by atoms with Gasteiger partial charge in [-0.25, -0.2) is 8.42 Å². The molecule has 3 heteroatoms. The maximum absolute atomic E-state index is 11.4. The van der Waals surface area contributed by atoms with Crippen LogP contribution in [0.25, 0.3) is 0 Å². The average molecular weight is 208 g/mol. The molecular weight excluding hydrogens is 196 g/mol. The Morgan fingerprint density at radius 3 is 2.57 bits per heavy atom. The van der Waals surface area contributed by atoms with Crippen LogP contribution in [0.2, 0.25) is 0 Å². The Morgan fingerprint density at radius 1 is 1.36 bits per heavy atom. The van der Waals surface area contributed by atoms with Crippen LogP contribution in [0.4, 0.5) is 0 Å². The van der Waals surface area contributed by atoms with Gasteiger partial charge in [0.2, 0.25) is 0 Å². The largest absolute Gasteiger partial charge is 0.224 e. The minimum absolute atomic E-state index is 0.384. The topological polar surface area (TPSA) is 34.1 Å². The second-order valence-corrected chi connectivity index (χ2v) is 5.07. The fourth-order valence-corrected chi connectivity index (χ4v) is 2.25. The predicted octanol–water partition coefficient (Wildman–Crippen LogP) is 1.66. The van der Waals surface area contributed by atoms with Crippen LogP contribution in [0.3, 0.4) is 0 Å². The minimum atomic E-state index is -3.13. The molecular formula is C11H12O2S. The number of rotatable bonds is 3. The van der Waals surface area contributed by atoms with Crippen molar-refractivity contribution < 1.29 is 8.42 Å². The molecule has 2 nitrogen and oxygen atoms in total. The van der Waals surface area contributed by atoms with E-state index in [0.717, 1.165) is 5.56 Å². The number of benzene rings is 1. The second kappa shape index (κ2) is 4.30. The Hall–Kier alpha value is -1.27. The highest BCUT2D eigenvalue weighted by Crippen LogP contribution is 2.16. The maximum atomic E-state index is 11.4. The van der Waals surface area contributed by atoms with Crippen LogP contribution in [-0.4, -0.2) is 14.7 Å². The van der Waals surface area contributed by atoms with Crippen molar-refractivity contribution in [1.82, 2.24) is 0 Å². The first kappa shape index (κ1) is 10.8. The fraction of sp³-hybridized carbons (Fsp3) is 0.273. The van der Waals surface area contributed by atoms with Crippen LogP contribution in [0, 0.1) is 12.3 Å². The Bertz CT molecular complexity index is 452. The molecule has 0 amide bonds. The predicted molar refractivity (Wildman–Crippen MR) is 56.7 cm³/mol. The Kier molecular flexibility index (Phi) is 3.32. The van der Waals surface area contributed by atoms with Crippen LogP contribution in [0.1, 0.15) is 12.0 Å². The van der Waals surface area contributed by atoms with Crippen molar-refractivity contribution in [1.29, 1.82) is 0 Å². The third kappa shape index (κ3) is 2.61. The van der Waals surface area contributed by atoms with Crippen LogP contribution >= 0.6 is 0 Å². The fourth-order valence-electron chi connectivity index (χ4n) is 1.28. The normalized spacial score (nSPS) is 10.9. The summed E-state index contributed by atoms with van der Waals surface area (Å²) in [6.07, 6.45) is 7.52. The van der Waals surface area contributed by atoms with Gasteiger partial charge in [-0.2, -0.15) is 0 Å². The van der Waals surface area contributed by atoms with Gasteiger partial charge < -0.3 is 0 Å². The number of terminal acetylenes is 1. The summed E-state index contributed by atoms with van der Waals surface area (Å²) in [5, 5.41) is 0. The maximum Gasteiger partial charge on any atom is 0.175 e. The van der Waals surface area contributed by atoms with Crippen molar-refractivity contribution >= 4 is 9.84 Å². The van der Waals surface area contributed by atoms with Crippen molar-refractivity contribution in [3.8, 4) is 12.3 Å². The summed E-state index contributed by atoms with van der Waals surface area (Å²) in [5.41, 5.74) is 0.799. The van der Waals surface area contributed by atoms with Crippen molar-refractivity contribution in [3.63, 3.8) is 0 Å². The first-order valence-electron chi connectivity index (χ1n) is 4.27. The summed E-state index contributed by atoms with van der Waals surface area (Å²) < 4.78 is 22.7. The van der Waals surface area contributed by atoms with Gasteiger partial charge in [0.05, 0.1) is 4.90 Å². The summed E-state index contributed by atoms with van der Waals surface area (Å²) in [6, 6.07) is 6.95. The second-order valence-electron chi connectivity index (χ2n) is 3.08. The Morgan fingerprint density at radius 2 is 2.00 bits per heavy atom. The van der Waals surface area contributed by atoms with E-state index < -0.39 is 9.84 Å². The van der Waals surface area contributed by atoms with Gasteiger partial charge in [-0.1, -0.05) is 18.2 Å². The molecule has 0 aliphatic carbocycles.